The van der Waals surface area contributed by atoms with E-state index < -0.39 is 17.3 Å². The number of carbonyl (C=O) groups excluding carboxylic acids is 2. The molecule has 0 fully saturated rings. The maximum Gasteiger partial charge on any atom is 1.00 e. The van der Waals surface area contributed by atoms with E-state index in [1.807, 2.05) is 0 Å². The van der Waals surface area contributed by atoms with E-state index in [0.29, 0.717) is 15.6 Å². The number of carboxylic acids is 1. The fraction of sp³-hybridized carbons (Fsp3) is 0.333. The van der Waals surface area contributed by atoms with Crippen molar-refractivity contribution in [2.75, 3.05) is 0 Å². The van der Waals surface area contributed by atoms with Crippen LogP contribution in [-0.4, -0.2) is 22.1 Å². The summed E-state index contributed by atoms with van der Waals surface area (Å²) >= 11 is 5.87. The van der Waals surface area contributed by atoms with Gasteiger partial charge in [-0.15, -0.1) is 0 Å². The van der Waals surface area contributed by atoms with Crippen LogP contribution in [0.3, 0.4) is 0 Å². The Morgan fingerprint density at radius 1 is 1.37 bits per heavy atom. The van der Waals surface area contributed by atoms with E-state index in [-0.39, 0.29) is 57.9 Å². The molecule has 7 heteroatoms. The molecule has 1 rings (SSSR count). The maximum absolute atomic E-state index is 11.7. The SMILES string of the molecule is CC(C)(C(=O)[O-])C(=O)N(O)Cc1ccccc1Cl.[K+]. The number of nitrogens with zero attached hydrogens (tertiary/aromatic N) is 1. The van der Waals surface area contributed by atoms with Crippen LogP contribution in [0.5, 0.6) is 0 Å². The molecule has 0 aliphatic heterocycles. The maximum atomic E-state index is 11.7. The summed E-state index contributed by atoms with van der Waals surface area (Å²) < 4.78 is 0. The molecule has 1 aromatic rings. The first kappa shape index (κ1) is 19.0. The Kier molecular flexibility index (Phi) is 7.75. The van der Waals surface area contributed by atoms with Crippen molar-refractivity contribution in [2.24, 2.45) is 5.41 Å². The van der Waals surface area contributed by atoms with Crippen molar-refractivity contribution in [1.29, 1.82) is 0 Å². The average molecular weight is 310 g/mol. The Morgan fingerprint density at radius 2 is 1.89 bits per heavy atom. The van der Waals surface area contributed by atoms with Gasteiger partial charge >= 0.3 is 51.4 Å². The van der Waals surface area contributed by atoms with Gasteiger partial charge in [-0.3, -0.25) is 10.0 Å². The number of rotatable bonds is 4. The smallest absolute Gasteiger partial charge is 0.549 e. The fourth-order valence-corrected chi connectivity index (χ4v) is 1.47. The van der Waals surface area contributed by atoms with Crippen molar-refractivity contribution < 1.29 is 71.3 Å². The van der Waals surface area contributed by atoms with Gasteiger partial charge in [-0.2, -0.15) is 0 Å². The van der Waals surface area contributed by atoms with E-state index in [9.17, 15) is 19.9 Å². The first-order valence-corrected chi connectivity index (χ1v) is 5.60. The molecule has 1 aromatic carbocycles. The number of halogens is 1. The fourth-order valence-electron chi connectivity index (χ4n) is 1.27. The molecule has 0 spiro atoms. The normalized spacial score (nSPS) is 10.5. The molecule has 19 heavy (non-hydrogen) atoms. The number of hydrogen-bond acceptors (Lipinski definition) is 4. The summed E-state index contributed by atoms with van der Waals surface area (Å²) in [7, 11) is 0. The zero-order valence-corrected chi connectivity index (χ0v) is 14.9. The van der Waals surface area contributed by atoms with Gasteiger partial charge in [0.1, 0.15) is 0 Å². The van der Waals surface area contributed by atoms with Crippen LogP contribution >= 0.6 is 11.6 Å². The molecule has 0 aliphatic carbocycles. The summed E-state index contributed by atoms with van der Waals surface area (Å²) in [5.74, 6) is -2.51. The van der Waals surface area contributed by atoms with Gasteiger partial charge in [0.2, 0.25) is 0 Å². The van der Waals surface area contributed by atoms with E-state index in [0.717, 1.165) is 0 Å². The van der Waals surface area contributed by atoms with Crippen molar-refractivity contribution in [1.82, 2.24) is 5.06 Å². The molecule has 0 radical (unpaired) electrons. The standard InChI is InChI=1S/C12H14ClNO4.K/c1-12(2,11(16)17)10(15)14(18)7-8-5-3-4-6-9(8)13;/h3-6,18H,7H2,1-2H3,(H,16,17);/q;+1/p-1. The number of aliphatic carboxylic acids is 1. The first-order valence-electron chi connectivity index (χ1n) is 5.22. The van der Waals surface area contributed by atoms with Crippen molar-refractivity contribution >= 4 is 23.5 Å². The summed E-state index contributed by atoms with van der Waals surface area (Å²) in [6, 6.07) is 6.65. The second kappa shape index (κ2) is 7.73. The van der Waals surface area contributed by atoms with E-state index in [2.05, 4.69) is 0 Å². The van der Waals surface area contributed by atoms with Crippen LogP contribution in [0.4, 0.5) is 0 Å². The van der Waals surface area contributed by atoms with Gasteiger partial charge in [0.15, 0.2) is 0 Å². The molecule has 0 aliphatic rings. The number of carbonyl (C=O) groups is 2. The molecule has 5 nitrogen and oxygen atoms in total. The second-order valence-corrected chi connectivity index (χ2v) is 4.77. The van der Waals surface area contributed by atoms with Crippen molar-refractivity contribution in [3.63, 3.8) is 0 Å². The molecule has 0 heterocycles. The predicted molar refractivity (Wildman–Crippen MR) is 62.6 cm³/mol. The van der Waals surface area contributed by atoms with Crippen LogP contribution in [0.2, 0.25) is 5.02 Å². The Balaban J connectivity index is 0.00000324. The van der Waals surface area contributed by atoms with Crippen molar-refractivity contribution in [3.8, 4) is 0 Å². The third-order valence-electron chi connectivity index (χ3n) is 2.56. The molecule has 1 amide bonds. The van der Waals surface area contributed by atoms with Gasteiger partial charge < -0.3 is 9.90 Å². The Morgan fingerprint density at radius 3 is 2.37 bits per heavy atom. The van der Waals surface area contributed by atoms with Gasteiger partial charge in [-0.1, -0.05) is 29.8 Å². The number of hydrogen-bond donors (Lipinski definition) is 1. The van der Waals surface area contributed by atoms with E-state index >= 15 is 0 Å². The Labute approximate surface area is 158 Å². The van der Waals surface area contributed by atoms with Crippen LogP contribution in [0.15, 0.2) is 24.3 Å². The first-order chi connectivity index (χ1) is 8.26. The summed E-state index contributed by atoms with van der Waals surface area (Å²) in [5, 5.41) is 21.1. The minimum absolute atomic E-state index is 0. The third kappa shape index (κ3) is 4.82. The van der Waals surface area contributed by atoms with Crippen LogP contribution in [-0.2, 0) is 16.1 Å². The van der Waals surface area contributed by atoms with Crippen LogP contribution < -0.4 is 56.5 Å². The van der Waals surface area contributed by atoms with Gasteiger partial charge in [0, 0.05) is 5.02 Å². The van der Waals surface area contributed by atoms with Gasteiger partial charge in [-0.05, 0) is 25.5 Å². The van der Waals surface area contributed by atoms with E-state index in [1.165, 1.54) is 13.8 Å². The van der Waals surface area contributed by atoms with Crippen molar-refractivity contribution in [2.45, 2.75) is 20.4 Å². The Bertz CT molecular complexity index is 479. The van der Waals surface area contributed by atoms with Crippen LogP contribution in [0.1, 0.15) is 19.4 Å². The summed E-state index contributed by atoms with van der Waals surface area (Å²) in [6.45, 7) is 2.15. The molecule has 0 bridgehead atoms. The third-order valence-corrected chi connectivity index (χ3v) is 2.93. The molecule has 0 unspecified atom stereocenters. The summed E-state index contributed by atoms with van der Waals surface area (Å²) in [6.07, 6.45) is 0. The minimum Gasteiger partial charge on any atom is -0.549 e. The molecule has 98 valence electrons. The van der Waals surface area contributed by atoms with Gasteiger partial charge in [0.25, 0.3) is 5.91 Å². The number of amides is 1. The zero-order chi connectivity index (χ0) is 13.9. The number of benzene rings is 1. The molecule has 1 N–H and O–H groups in total. The van der Waals surface area contributed by atoms with E-state index in [4.69, 9.17) is 11.6 Å². The quantitative estimate of drug-likeness (QED) is 0.297. The molecular formula is C12H13ClKNO4. The second-order valence-electron chi connectivity index (χ2n) is 4.37. The number of carboxylic acid groups (broad SMARTS) is 1. The van der Waals surface area contributed by atoms with Crippen LogP contribution in [0.25, 0.3) is 0 Å². The molecular weight excluding hydrogens is 297 g/mol. The minimum atomic E-state index is -1.80. The average Bonchev–Trinajstić information content (AvgIpc) is 2.30. The summed E-state index contributed by atoms with van der Waals surface area (Å²) in [4.78, 5) is 22.5. The molecule has 0 aromatic heterocycles. The predicted octanol–water partition coefficient (Wildman–Crippen LogP) is -2.16. The molecule has 0 atom stereocenters. The molecule has 0 saturated carbocycles. The number of hydroxylamine groups is 2. The van der Waals surface area contributed by atoms with E-state index in [1.54, 1.807) is 24.3 Å². The zero-order valence-electron chi connectivity index (χ0n) is 11.0. The summed E-state index contributed by atoms with van der Waals surface area (Å²) in [5.41, 5.74) is -1.28. The monoisotopic (exact) mass is 309 g/mol. The Hall–Kier alpha value is 0.0464. The molecule has 0 saturated heterocycles. The largest absolute Gasteiger partial charge is 1.00 e. The van der Waals surface area contributed by atoms with Crippen molar-refractivity contribution in [3.05, 3.63) is 34.9 Å². The van der Waals surface area contributed by atoms with Crippen LogP contribution in [0, 0.1) is 5.41 Å². The van der Waals surface area contributed by atoms with Gasteiger partial charge in [-0.25, -0.2) is 5.06 Å². The topological polar surface area (TPSA) is 80.7 Å². The van der Waals surface area contributed by atoms with Gasteiger partial charge in [0.05, 0.1) is 17.9 Å².